The third-order valence-electron chi connectivity index (χ3n) is 5.11. The molecule has 0 spiro atoms. The van der Waals surface area contributed by atoms with Crippen LogP contribution in [-0.2, 0) is 19.5 Å². The third-order valence-corrected chi connectivity index (χ3v) is 5.11. The SMILES string of the molecule is CCn1ccnc1CN1CCC[C@@H](CCc2ccc(OC)cc2)C1. The van der Waals surface area contributed by atoms with Crippen molar-refractivity contribution in [1.82, 2.24) is 14.5 Å². The van der Waals surface area contributed by atoms with E-state index in [1.54, 1.807) is 7.11 Å². The topological polar surface area (TPSA) is 30.3 Å². The number of aromatic nitrogens is 2. The first kappa shape index (κ1) is 17.0. The summed E-state index contributed by atoms with van der Waals surface area (Å²) in [6.45, 7) is 6.57. The number of aryl methyl sites for hydroxylation is 2. The summed E-state index contributed by atoms with van der Waals surface area (Å²) in [5, 5.41) is 0. The molecule has 1 saturated heterocycles. The molecule has 0 unspecified atom stereocenters. The molecule has 2 aromatic rings. The molecule has 0 bridgehead atoms. The largest absolute Gasteiger partial charge is 0.497 e. The number of benzene rings is 1. The lowest BCUT2D eigenvalue weighted by Crippen LogP contribution is -2.35. The predicted molar refractivity (Wildman–Crippen MR) is 97.2 cm³/mol. The second-order valence-corrected chi connectivity index (χ2v) is 6.76. The molecule has 1 aromatic carbocycles. The van der Waals surface area contributed by atoms with Gasteiger partial charge in [-0.15, -0.1) is 0 Å². The molecule has 3 rings (SSSR count). The maximum Gasteiger partial charge on any atom is 0.122 e. The van der Waals surface area contributed by atoms with E-state index in [4.69, 9.17) is 4.74 Å². The number of nitrogens with zero attached hydrogens (tertiary/aromatic N) is 3. The van der Waals surface area contributed by atoms with Crippen molar-refractivity contribution < 1.29 is 4.74 Å². The summed E-state index contributed by atoms with van der Waals surface area (Å²) in [6, 6.07) is 8.51. The van der Waals surface area contributed by atoms with E-state index in [1.165, 1.54) is 43.7 Å². The minimum Gasteiger partial charge on any atom is -0.497 e. The smallest absolute Gasteiger partial charge is 0.122 e. The molecule has 1 atom stereocenters. The first-order valence-electron chi connectivity index (χ1n) is 9.13. The zero-order chi connectivity index (χ0) is 16.8. The van der Waals surface area contributed by atoms with Crippen molar-refractivity contribution >= 4 is 0 Å². The zero-order valence-electron chi connectivity index (χ0n) is 14.9. The van der Waals surface area contributed by atoms with Gasteiger partial charge >= 0.3 is 0 Å². The molecule has 2 heterocycles. The van der Waals surface area contributed by atoms with E-state index in [1.807, 2.05) is 6.20 Å². The Morgan fingerprint density at radius 3 is 2.83 bits per heavy atom. The van der Waals surface area contributed by atoms with Crippen molar-refractivity contribution in [3.63, 3.8) is 0 Å². The zero-order valence-corrected chi connectivity index (χ0v) is 14.9. The lowest BCUT2D eigenvalue weighted by Gasteiger charge is -2.32. The summed E-state index contributed by atoms with van der Waals surface area (Å²) < 4.78 is 7.48. The summed E-state index contributed by atoms with van der Waals surface area (Å²) in [4.78, 5) is 7.11. The van der Waals surface area contributed by atoms with E-state index in [-0.39, 0.29) is 0 Å². The van der Waals surface area contributed by atoms with Crippen molar-refractivity contribution in [2.24, 2.45) is 5.92 Å². The molecule has 4 heteroatoms. The van der Waals surface area contributed by atoms with Gasteiger partial charge in [0.2, 0.25) is 0 Å². The quantitative estimate of drug-likeness (QED) is 0.776. The van der Waals surface area contributed by atoms with Crippen LogP contribution in [0.3, 0.4) is 0 Å². The van der Waals surface area contributed by atoms with E-state index in [0.29, 0.717) is 0 Å². The van der Waals surface area contributed by atoms with Crippen LogP contribution in [0.4, 0.5) is 0 Å². The third kappa shape index (κ3) is 4.38. The fraction of sp³-hybridized carbons (Fsp3) is 0.550. The van der Waals surface area contributed by atoms with Gasteiger partial charge in [-0.1, -0.05) is 12.1 Å². The van der Waals surface area contributed by atoms with Gasteiger partial charge in [0, 0.05) is 25.5 Å². The molecule has 1 aromatic heterocycles. The minimum absolute atomic E-state index is 0.797. The molecule has 0 amide bonds. The van der Waals surface area contributed by atoms with Gasteiger partial charge in [0.1, 0.15) is 11.6 Å². The predicted octanol–water partition coefficient (Wildman–Crippen LogP) is 3.76. The summed E-state index contributed by atoms with van der Waals surface area (Å²) in [6.07, 6.45) is 9.09. The summed E-state index contributed by atoms with van der Waals surface area (Å²) in [5.41, 5.74) is 1.41. The standard InChI is InChI=1S/C20H29N3O/c1-3-23-14-12-21-20(23)16-22-13-4-5-18(15-22)7-6-17-8-10-19(24-2)11-9-17/h8-12,14,18H,3-7,13,15-16H2,1-2H3/t18-/m0/s1. The maximum atomic E-state index is 5.23. The highest BCUT2D eigenvalue weighted by Crippen LogP contribution is 2.23. The molecule has 0 saturated carbocycles. The normalized spacial score (nSPS) is 18.7. The first-order valence-corrected chi connectivity index (χ1v) is 9.13. The fourth-order valence-electron chi connectivity index (χ4n) is 3.67. The van der Waals surface area contributed by atoms with Crippen molar-refractivity contribution in [3.05, 3.63) is 48.0 Å². The second-order valence-electron chi connectivity index (χ2n) is 6.76. The van der Waals surface area contributed by atoms with E-state index in [9.17, 15) is 0 Å². The maximum absolute atomic E-state index is 5.23. The van der Waals surface area contributed by atoms with E-state index in [2.05, 4.69) is 51.8 Å². The van der Waals surface area contributed by atoms with Crippen LogP contribution in [-0.4, -0.2) is 34.7 Å². The van der Waals surface area contributed by atoms with Crippen LogP contribution in [0.2, 0.25) is 0 Å². The molecule has 130 valence electrons. The van der Waals surface area contributed by atoms with Crippen LogP contribution in [0.1, 0.15) is 37.6 Å². The molecule has 0 radical (unpaired) electrons. The molecule has 1 aliphatic rings. The Morgan fingerprint density at radius 2 is 2.08 bits per heavy atom. The van der Waals surface area contributed by atoms with Crippen LogP contribution >= 0.6 is 0 Å². The Labute approximate surface area is 145 Å². The molecule has 0 aliphatic carbocycles. The highest BCUT2D eigenvalue weighted by molar-refractivity contribution is 5.27. The van der Waals surface area contributed by atoms with Gasteiger partial charge in [0.05, 0.1) is 13.7 Å². The molecular weight excluding hydrogens is 298 g/mol. The Kier molecular flexibility index (Phi) is 5.91. The van der Waals surface area contributed by atoms with Crippen LogP contribution in [0.5, 0.6) is 5.75 Å². The fourth-order valence-corrected chi connectivity index (χ4v) is 3.67. The van der Waals surface area contributed by atoms with Gasteiger partial charge in [0.15, 0.2) is 0 Å². The number of piperidine rings is 1. The van der Waals surface area contributed by atoms with Gasteiger partial charge in [-0.05, 0) is 62.8 Å². The van der Waals surface area contributed by atoms with Gasteiger partial charge in [-0.2, -0.15) is 0 Å². The summed E-state index contributed by atoms with van der Waals surface area (Å²) in [5.74, 6) is 2.94. The molecular formula is C20H29N3O. The van der Waals surface area contributed by atoms with Crippen LogP contribution in [0.15, 0.2) is 36.7 Å². The van der Waals surface area contributed by atoms with Crippen molar-refractivity contribution in [1.29, 1.82) is 0 Å². The van der Waals surface area contributed by atoms with Crippen molar-refractivity contribution in [3.8, 4) is 5.75 Å². The van der Waals surface area contributed by atoms with Gasteiger partial charge < -0.3 is 9.30 Å². The Morgan fingerprint density at radius 1 is 1.25 bits per heavy atom. The second kappa shape index (κ2) is 8.34. The molecule has 24 heavy (non-hydrogen) atoms. The van der Waals surface area contributed by atoms with Crippen LogP contribution in [0.25, 0.3) is 0 Å². The molecule has 1 fully saturated rings. The van der Waals surface area contributed by atoms with Gasteiger partial charge in [0.25, 0.3) is 0 Å². The molecule has 4 nitrogen and oxygen atoms in total. The highest BCUT2D eigenvalue weighted by atomic mass is 16.5. The Hall–Kier alpha value is -1.81. The van der Waals surface area contributed by atoms with E-state index >= 15 is 0 Å². The average molecular weight is 327 g/mol. The number of methoxy groups -OCH3 is 1. The number of hydrogen-bond acceptors (Lipinski definition) is 3. The molecule has 0 N–H and O–H groups in total. The lowest BCUT2D eigenvalue weighted by molar-refractivity contribution is 0.157. The number of likely N-dealkylation sites (tertiary alicyclic amines) is 1. The summed E-state index contributed by atoms with van der Waals surface area (Å²) in [7, 11) is 1.72. The summed E-state index contributed by atoms with van der Waals surface area (Å²) >= 11 is 0. The Bertz CT molecular complexity index is 620. The van der Waals surface area contributed by atoms with E-state index in [0.717, 1.165) is 31.2 Å². The highest BCUT2D eigenvalue weighted by Gasteiger charge is 2.21. The lowest BCUT2D eigenvalue weighted by atomic mass is 9.91. The average Bonchev–Trinajstić information content (AvgIpc) is 3.08. The van der Waals surface area contributed by atoms with Crippen LogP contribution in [0, 0.1) is 5.92 Å². The number of ether oxygens (including phenoxy) is 1. The monoisotopic (exact) mass is 327 g/mol. The number of rotatable bonds is 7. The Balaban J connectivity index is 1.49. The van der Waals surface area contributed by atoms with Crippen LogP contribution < -0.4 is 4.74 Å². The van der Waals surface area contributed by atoms with Crippen molar-refractivity contribution in [2.75, 3.05) is 20.2 Å². The van der Waals surface area contributed by atoms with Gasteiger partial charge in [-0.25, -0.2) is 4.98 Å². The number of hydrogen-bond donors (Lipinski definition) is 0. The molecule has 1 aliphatic heterocycles. The number of imidazole rings is 1. The van der Waals surface area contributed by atoms with Gasteiger partial charge in [-0.3, -0.25) is 4.90 Å². The minimum atomic E-state index is 0.797. The first-order chi connectivity index (χ1) is 11.8. The van der Waals surface area contributed by atoms with E-state index < -0.39 is 0 Å². The van der Waals surface area contributed by atoms with Crippen molar-refractivity contribution in [2.45, 2.75) is 45.7 Å².